The normalized spacial score (nSPS) is 16.1. The van der Waals surface area contributed by atoms with E-state index in [4.69, 9.17) is 5.73 Å². The molecule has 3 N–H and O–H groups in total. The Balaban J connectivity index is 1.49. The van der Waals surface area contributed by atoms with Crippen molar-refractivity contribution < 1.29 is 18.0 Å². The molecule has 3 rings (SSSR count). The summed E-state index contributed by atoms with van der Waals surface area (Å²) in [4.78, 5) is 16.4. The summed E-state index contributed by atoms with van der Waals surface area (Å²) in [5.74, 6) is -0.444. The highest BCUT2D eigenvalue weighted by Crippen LogP contribution is 2.34. The predicted octanol–water partition coefficient (Wildman–Crippen LogP) is 3.04. The average Bonchev–Trinajstić information content (AvgIpc) is 2.63. The number of para-hydroxylation sites is 1. The number of hydrogen-bond donors (Lipinski definition) is 2. The van der Waals surface area contributed by atoms with Crippen molar-refractivity contribution in [2.24, 2.45) is 0 Å². The summed E-state index contributed by atoms with van der Waals surface area (Å²) in [5, 5.41) is 2.39. The van der Waals surface area contributed by atoms with Crippen LogP contribution >= 0.6 is 0 Å². The number of piperazine rings is 1. The fraction of sp³-hybridized carbons (Fsp3) is 0.350. The zero-order valence-corrected chi connectivity index (χ0v) is 15.4. The molecule has 1 aliphatic heterocycles. The van der Waals surface area contributed by atoms with Gasteiger partial charge >= 0.3 is 6.18 Å². The molecule has 1 aliphatic rings. The number of nitrogens with one attached hydrogen (secondary N) is 1. The van der Waals surface area contributed by atoms with Gasteiger partial charge in [0, 0.05) is 38.4 Å². The van der Waals surface area contributed by atoms with E-state index in [1.54, 1.807) is 0 Å². The molecule has 28 heavy (non-hydrogen) atoms. The number of amides is 1. The molecular weight excluding hydrogens is 369 g/mol. The van der Waals surface area contributed by atoms with Gasteiger partial charge in [-0.3, -0.25) is 14.6 Å². The lowest BCUT2D eigenvalue weighted by atomic mass is 10.1. The monoisotopic (exact) mass is 392 g/mol. The first kappa shape index (κ1) is 20.2. The van der Waals surface area contributed by atoms with Crippen molar-refractivity contribution in [1.29, 1.82) is 0 Å². The number of carbonyl (C=O) groups is 1. The van der Waals surface area contributed by atoms with E-state index in [-0.39, 0.29) is 12.2 Å². The van der Waals surface area contributed by atoms with Gasteiger partial charge in [0.25, 0.3) is 0 Å². The Hall–Kier alpha value is -2.58. The molecule has 0 aromatic heterocycles. The van der Waals surface area contributed by atoms with E-state index < -0.39 is 17.6 Å². The summed E-state index contributed by atoms with van der Waals surface area (Å²) in [6.45, 7) is 3.76. The number of alkyl halides is 3. The number of nitrogen functional groups attached to an aromatic ring is 1. The predicted molar refractivity (Wildman–Crippen MR) is 103 cm³/mol. The zero-order valence-electron chi connectivity index (χ0n) is 15.4. The third-order valence-corrected chi connectivity index (χ3v) is 4.70. The maximum absolute atomic E-state index is 13.0. The molecule has 0 unspecified atom stereocenters. The Morgan fingerprint density at radius 1 is 1.00 bits per heavy atom. The van der Waals surface area contributed by atoms with Crippen molar-refractivity contribution >= 4 is 17.3 Å². The highest BCUT2D eigenvalue weighted by Gasteiger charge is 2.33. The molecule has 1 saturated heterocycles. The van der Waals surface area contributed by atoms with Gasteiger partial charge in [-0.2, -0.15) is 13.2 Å². The summed E-state index contributed by atoms with van der Waals surface area (Å²) < 4.78 is 39.1. The molecule has 2 aromatic carbocycles. The van der Waals surface area contributed by atoms with Gasteiger partial charge in [0.15, 0.2) is 0 Å². The number of benzene rings is 2. The molecule has 5 nitrogen and oxygen atoms in total. The number of halogens is 3. The number of rotatable bonds is 5. The summed E-state index contributed by atoms with van der Waals surface area (Å²) in [6, 6.07) is 12.7. The first-order valence-corrected chi connectivity index (χ1v) is 9.06. The molecule has 1 fully saturated rings. The van der Waals surface area contributed by atoms with Crippen molar-refractivity contribution in [3.63, 3.8) is 0 Å². The van der Waals surface area contributed by atoms with Crippen LogP contribution in [0.15, 0.2) is 48.5 Å². The van der Waals surface area contributed by atoms with Gasteiger partial charge in [-0.1, -0.05) is 24.3 Å². The SMILES string of the molecule is Nc1cccc(CN2CCN(CC(=O)Nc3ccccc3C(F)(F)F)CC2)c1. The second-order valence-electron chi connectivity index (χ2n) is 6.89. The summed E-state index contributed by atoms with van der Waals surface area (Å²) >= 11 is 0. The van der Waals surface area contributed by atoms with Gasteiger partial charge in [0.05, 0.1) is 17.8 Å². The second kappa shape index (κ2) is 8.62. The van der Waals surface area contributed by atoms with Gasteiger partial charge in [0.2, 0.25) is 5.91 Å². The Morgan fingerprint density at radius 2 is 1.68 bits per heavy atom. The van der Waals surface area contributed by atoms with Crippen LogP contribution in [0.3, 0.4) is 0 Å². The minimum Gasteiger partial charge on any atom is -0.399 e. The van der Waals surface area contributed by atoms with E-state index in [0.29, 0.717) is 13.1 Å². The van der Waals surface area contributed by atoms with E-state index in [1.807, 2.05) is 29.2 Å². The molecule has 1 amide bonds. The van der Waals surface area contributed by atoms with E-state index in [1.165, 1.54) is 18.2 Å². The topological polar surface area (TPSA) is 61.6 Å². The maximum Gasteiger partial charge on any atom is 0.418 e. The van der Waals surface area contributed by atoms with Crippen LogP contribution in [0.2, 0.25) is 0 Å². The zero-order chi connectivity index (χ0) is 20.1. The molecule has 150 valence electrons. The van der Waals surface area contributed by atoms with Crippen LogP contribution in [0.25, 0.3) is 0 Å². The van der Waals surface area contributed by atoms with Gasteiger partial charge < -0.3 is 11.1 Å². The first-order valence-electron chi connectivity index (χ1n) is 9.06. The fourth-order valence-corrected chi connectivity index (χ4v) is 3.29. The summed E-state index contributed by atoms with van der Waals surface area (Å²) in [7, 11) is 0. The number of carbonyl (C=O) groups excluding carboxylic acids is 1. The molecule has 8 heteroatoms. The highest BCUT2D eigenvalue weighted by molar-refractivity contribution is 5.93. The molecule has 0 bridgehead atoms. The lowest BCUT2D eigenvalue weighted by Crippen LogP contribution is -2.48. The number of anilines is 2. The number of nitrogens with zero attached hydrogens (tertiary/aromatic N) is 2. The van der Waals surface area contributed by atoms with Gasteiger partial charge in [0.1, 0.15) is 0 Å². The fourth-order valence-electron chi connectivity index (χ4n) is 3.29. The van der Waals surface area contributed by atoms with E-state index in [9.17, 15) is 18.0 Å². The molecule has 0 saturated carbocycles. The molecular formula is C20H23F3N4O. The van der Waals surface area contributed by atoms with Crippen LogP contribution in [0.1, 0.15) is 11.1 Å². The second-order valence-corrected chi connectivity index (χ2v) is 6.89. The average molecular weight is 392 g/mol. The Morgan fingerprint density at radius 3 is 2.36 bits per heavy atom. The Bertz CT molecular complexity index is 817. The van der Waals surface area contributed by atoms with E-state index in [0.717, 1.165) is 37.0 Å². The van der Waals surface area contributed by atoms with Crippen LogP contribution in [-0.4, -0.2) is 48.4 Å². The molecule has 0 aliphatic carbocycles. The minimum absolute atomic E-state index is 0.0678. The molecule has 0 radical (unpaired) electrons. The van der Waals surface area contributed by atoms with Crippen molar-refractivity contribution in [3.05, 3.63) is 59.7 Å². The van der Waals surface area contributed by atoms with Crippen molar-refractivity contribution in [2.75, 3.05) is 43.8 Å². The van der Waals surface area contributed by atoms with E-state index >= 15 is 0 Å². The highest BCUT2D eigenvalue weighted by atomic mass is 19.4. The van der Waals surface area contributed by atoms with E-state index in [2.05, 4.69) is 10.2 Å². The van der Waals surface area contributed by atoms with Gasteiger partial charge in [-0.25, -0.2) is 0 Å². The molecule has 0 spiro atoms. The van der Waals surface area contributed by atoms with Gasteiger partial charge in [-0.15, -0.1) is 0 Å². The standard InChI is InChI=1S/C20H23F3N4O/c21-20(22,23)17-6-1-2-7-18(17)25-19(28)14-27-10-8-26(9-11-27)13-15-4-3-5-16(24)12-15/h1-7,12H,8-11,13-14,24H2,(H,25,28). The van der Waals surface area contributed by atoms with Crippen molar-refractivity contribution in [3.8, 4) is 0 Å². The number of hydrogen-bond acceptors (Lipinski definition) is 4. The minimum atomic E-state index is -4.50. The Labute approximate surface area is 161 Å². The van der Waals surface area contributed by atoms with Crippen LogP contribution in [0, 0.1) is 0 Å². The van der Waals surface area contributed by atoms with Crippen LogP contribution in [0.4, 0.5) is 24.5 Å². The van der Waals surface area contributed by atoms with Crippen LogP contribution < -0.4 is 11.1 Å². The molecule has 2 aromatic rings. The van der Waals surface area contributed by atoms with Gasteiger partial charge in [-0.05, 0) is 29.8 Å². The lowest BCUT2D eigenvalue weighted by Gasteiger charge is -2.34. The maximum atomic E-state index is 13.0. The Kier molecular flexibility index (Phi) is 6.21. The van der Waals surface area contributed by atoms with Crippen molar-refractivity contribution in [2.45, 2.75) is 12.7 Å². The summed E-state index contributed by atoms with van der Waals surface area (Å²) in [5.41, 5.74) is 6.62. The number of nitrogens with two attached hydrogens (primary N) is 1. The molecule has 1 heterocycles. The summed E-state index contributed by atoms with van der Waals surface area (Å²) in [6.07, 6.45) is -4.50. The quantitative estimate of drug-likeness (QED) is 0.768. The van der Waals surface area contributed by atoms with Crippen LogP contribution in [0.5, 0.6) is 0 Å². The first-order chi connectivity index (χ1) is 13.3. The smallest absolute Gasteiger partial charge is 0.399 e. The van der Waals surface area contributed by atoms with Crippen LogP contribution in [-0.2, 0) is 17.5 Å². The third-order valence-electron chi connectivity index (χ3n) is 4.70. The largest absolute Gasteiger partial charge is 0.418 e. The molecule has 0 atom stereocenters. The lowest BCUT2D eigenvalue weighted by molar-refractivity contribution is -0.137. The van der Waals surface area contributed by atoms with Crippen molar-refractivity contribution in [1.82, 2.24) is 9.80 Å². The third kappa shape index (κ3) is 5.46.